The first-order valence-corrected chi connectivity index (χ1v) is 7.35. The largest absolute Gasteiger partial charge is 0.468 e. The van der Waals surface area contributed by atoms with Gasteiger partial charge < -0.3 is 9.73 Å². The molecule has 3 heterocycles. The predicted molar refractivity (Wildman–Crippen MR) is 85.5 cm³/mol. The Hall–Kier alpha value is -2.18. The number of hydrogen-bond acceptors (Lipinski definition) is 5. The number of fused-ring (bicyclic) bond motifs is 1. The maximum atomic E-state index is 5.52. The molecule has 2 N–H and O–H groups in total. The topological polar surface area (TPSA) is 70.0 Å². The van der Waals surface area contributed by atoms with Gasteiger partial charge in [0.1, 0.15) is 5.76 Å². The lowest BCUT2D eigenvalue weighted by Gasteiger charge is -2.22. The van der Waals surface area contributed by atoms with Crippen molar-refractivity contribution in [3.05, 3.63) is 47.7 Å². The molecule has 0 aliphatic rings. The van der Waals surface area contributed by atoms with E-state index < -0.39 is 0 Å². The van der Waals surface area contributed by atoms with Crippen molar-refractivity contribution in [2.24, 2.45) is 0 Å². The number of rotatable bonds is 6. The summed E-state index contributed by atoms with van der Waals surface area (Å²) in [5.41, 5.74) is 2.96. The van der Waals surface area contributed by atoms with E-state index in [-0.39, 0.29) is 6.04 Å². The van der Waals surface area contributed by atoms with Crippen molar-refractivity contribution in [2.45, 2.75) is 19.5 Å². The van der Waals surface area contributed by atoms with Crippen LogP contribution in [0, 0.1) is 6.92 Å². The van der Waals surface area contributed by atoms with Crippen molar-refractivity contribution in [3.63, 3.8) is 0 Å². The minimum Gasteiger partial charge on any atom is -0.468 e. The van der Waals surface area contributed by atoms with Crippen LogP contribution in [0.25, 0.3) is 11.0 Å². The van der Waals surface area contributed by atoms with Gasteiger partial charge in [-0.15, -0.1) is 0 Å². The fraction of sp³-hybridized carbons (Fsp3) is 0.375. The van der Waals surface area contributed by atoms with Gasteiger partial charge in [-0.1, -0.05) is 0 Å². The summed E-state index contributed by atoms with van der Waals surface area (Å²) >= 11 is 0. The minimum absolute atomic E-state index is 0.211. The fourth-order valence-corrected chi connectivity index (χ4v) is 2.53. The van der Waals surface area contributed by atoms with E-state index in [2.05, 4.69) is 45.6 Å². The summed E-state index contributed by atoms with van der Waals surface area (Å²) in [6.07, 6.45) is 3.58. The number of nitrogens with one attached hydrogen (secondary N) is 2. The van der Waals surface area contributed by atoms with Gasteiger partial charge in [-0.3, -0.25) is 10.00 Å². The number of hydrogen-bond donors (Lipinski definition) is 2. The zero-order chi connectivity index (χ0) is 15.5. The molecule has 0 spiro atoms. The van der Waals surface area contributed by atoms with Crippen LogP contribution in [0.3, 0.4) is 0 Å². The molecule has 0 aliphatic carbocycles. The Bertz CT molecular complexity index is 732. The van der Waals surface area contributed by atoms with Gasteiger partial charge in [0.25, 0.3) is 0 Å². The number of H-pyrrole nitrogens is 1. The fourth-order valence-electron chi connectivity index (χ4n) is 2.53. The quantitative estimate of drug-likeness (QED) is 0.730. The second-order valence-electron chi connectivity index (χ2n) is 5.69. The lowest BCUT2D eigenvalue weighted by Crippen LogP contribution is -2.30. The van der Waals surface area contributed by atoms with Gasteiger partial charge in [-0.2, -0.15) is 5.10 Å². The van der Waals surface area contributed by atoms with Crippen LogP contribution in [0.5, 0.6) is 0 Å². The average Bonchev–Trinajstić information content (AvgIpc) is 3.14. The van der Waals surface area contributed by atoms with Crippen molar-refractivity contribution in [2.75, 3.05) is 20.6 Å². The Balaban J connectivity index is 1.64. The molecule has 0 unspecified atom stereocenters. The number of pyridine rings is 1. The first kappa shape index (κ1) is 14.7. The van der Waals surface area contributed by atoms with Crippen LogP contribution in [-0.2, 0) is 6.54 Å². The predicted octanol–water partition coefficient (Wildman–Crippen LogP) is 2.25. The Morgan fingerprint density at radius 3 is 3.00 bits per heavy atom. The molecular formula is C16H21N5O. The van der Waals surface area contributed by atoms with Gasteiger partial charge in [0.2, 0.25) is 0 Å². The van der Waals surface area contributed by atoms with E-state index in [0.29, 0.717) is 0 Å². The Labute approximate surface area is 129 Å². The second kappa shape index (κ2) is 6.29. The molecule has 3 aromatic heterocycles. The molecule has 3 rings (SSSR count). The number of furan rings is 1. The van der Waals surface area contributed by atoms with Crippen LogP contribution in [0.1, 0.15) is 23.1 Å². The molecule has 0 bridgehead atoms. The van der Waals surface area contributed by atoms with E-state index in [1.165, 1.54) is 0 Å². The molecule has 0 aromatic carbocycles. The number of aromatic nitrogens is 3. The molecular weight excluding hydrogens is 278 g/mol. The van der Waals surface area contributed by atoms with Crippen molar-refractivity contribution < 1.29 is 4.42 Å². The van der Waals surface area contributed by atoms with Crippen LogP contribution >= 0.6 is 0 Å². The molecule has 0 amide bonds. The molecule has 3 aromatic rings. The standard InChI is InChI=1S/C16H21N5O/c1-11-13-7-12(9-18-16(13)20-19-11)8-17-10-14(21(2)3)15-5-4-6-22-15/h4-7,9,14,17H,8,10H2,1-3H3,(H,18,19,20)/t14-/m1/s1. The summed E-state index contributed by atoms with van der Waals surface area (Å²) in [4.78, 5) is 6.52. The first-order chi connectivity index (χ1) is 10.6. The monoisotopic (exact) mass is 299 g/mol. The minimum atomic E-state index is 0.211. The SMILES string of the molecule is Cc1[nH]nc2ncc(CNC[C@H](c3ccco3)N(C)C)cc12. The lowest BCUT2D eigenvalue weighted by atomic mass is 10.2. The molecule has 22 heavy (non-hydrogen) atoms. The van der Waals surface area contributed by atoms with Crippen molar-refractivity contribution in [1.82, 2.24) is 25.4 Å². The summed E-state index contributed by atoms with van der Waals surface area (Å²) in [6.45, 7) is 3.58. The van der Waals surface area contributed by atoms with Crippen molar-refractivity contribution >= 4 is 11.0 Å². The van der Waals surface area contributed by atoms with Crippen LogP contribution in [-0.4, -0.2) is 40.7 Å². The van der Waals surface area contributed by atoms with E-state index in [1.54, 1.807) is 6.26 Å². The molecule has 6 heteroatoms. The first-order valence-electron chi connectivity index (χ1n) is 7.35. The number of aromatic amines is 1. The summed E-state index contributed by atoms with van der Waals surface area (Å²) in [5.74, 6) is 0.969. The molecule has 1 atom stereocenters. The third kappa shape index (κ3) is 3.03. The Morgan fingerprint density at radius 2 is 2.27 bits per heavy atom. The van der Waals surface area contributed by atoms with E-state index in [1.807, 2.05) is 25.3 Å². The smallest absolute Gasteiger partial charge is 0.181 e. The molecule has 0 saturated heterocycles. The van der Waals surface area contributed by atoms with Crippen LogP contribution in [0.15, 0.2) is 35.1 Å². The van der Waals surface area contributed by atoms with Gasteiger partial charge in [0, 0.05) is 30.4 Å². The third-order valence-corrected chi connectivity index (χ3v) is 3.82. The van der Waals surface area contributed by atoms with E-state index in [9.17, 15) is 0 Å². The van der Waals surface area contributed by atoms with Gasteiger partial charge in [0.05, 0.1) is 12.3 Å². The lowest BCUT2D eigenvalue weighted by molar-refractivity contribution is 0.250. The van der Waals surface area contributed by atoms with Crippen molar-refractivity contribution in [3.8, 4) is 0 Å². The zero-order valence-corrected chi connectivity index (χ0v) is 13.1. The van der Waals surface area contributed by atoms with Gasteiger partial charge in [-0.05, 0) is 44.8 Å². The Kier molecular flexibility index (Phi) is 4.22. The van der Waals surface area contributed by atoms with Gasteiger partial charge >= 0.3 is 0 Å². The van der Waals surface area contributed by atoms with Crippen LogP contribution in [0.2, 0.25) is 0 Å². The summed E-state index contributed by atoms with van der Waals surface area (Å²) < 4.78 is 5.52. The summed E-state index contributed by atoms with van der Waals surface area (Å²) in [5, 5.41) is 11.7. The highest BCUT2D eigenvalue weighted by molar-refractivity contribution is 5.77. The summed E-state index contributed by atoms with van der Waals surface area (Å²) in [6, 6.07) is 6.27. The maximum absolute atomic E-state index is 5.52. The highest BCUT2D eigenvalue weighted by Crippen LogP contribution is 2.18. The number of likely N-dealkylation sites (N-methyl/N-ethyl adjacent to an activating group) is 1. The molecule has 0 aliphatic heterocycles. The maximum Gasteiger partial charge on any atom is 0.181 e. The van der Waals surface area contributed by atoms with Gasteiger partial charge in [-0.25, -0.2) is 4.98 Å². The number of nitrogens with zero attached hydrogens (tertiary/aromatic N) is 3. The summed E-state index contributed by atoms with van der Waals surface area (Å²) in [7, 11) is 4.11. The molecule has 0 saturated carbocycles. The van der Waals surface area contributed by atoms with Crippen LogP contribution < -0.4 is 5.32 Å². The molecule has 0 fully saturated rings. The molecule has 0 radical (unpaired) electrons. The van der Waals surface area contributed by atoms with E-state index in [0.717, 1.165) is 41.1 Å². The van der Waals surface area contributed by atoms with Crippen LogP contribution in [0.4, 0.5) is 0 Å². The zero-order valence-electron chi connectivity index (χ0n) is 13.1. The molecule has 116 valence electrons. The molecule has 6 nitrogen and oxygen atoms in total. The highest BCUT2D eigenvalue weighted by atomic mass is 16.3. The van der Waals surface area contributed by atoms with E-state index >= 15 is 0 Å². The Morgan fingerprint density at radius 1 is 1.41 bits per heavy atom. The normalized spacial score (nSPS) is 13.1. The third-order valence-electron chi connectivity index (χ3n) is 3.82. The van der Waals surface area contributed by atoms with Crippen molar-refractivity contribution in [1.29, 1.82) is 0 Å². The highest BCUT2D eigenvalue weighted by Gasteiger charge is 2.16. The van der Waals surface area contributed by atoms with Gasteiger partial charge in [0.15, 0.2) is 5.65 Å². The second-order valence-corrected chi connectivity index (χ2v) is 5.69. The number of aryl methyl sites for hydroxylation is 1. The average molecular weight is 299 g/mol. The van der Waals surface area contributed by atoms with E-state index in [4.69, 9.17) is 4.42 Å².